The van der Waals surface area contributed by atoms with Crippen molar-refractivity contribution < 1.29 is 15.0 Å². The van der Waals surface area contributed by atoms with Gasteiger partial charge in [0, 0.05) is 6.42 Å². The topological polar surface area (TPSA) is 40.5 Å². The second kappa shape index (κ2) is 7.21. The predicted molar refractivity (Wildman–Crippen MR) is 57.9 cm³/mol. The number of hydroxylamine groups is 3. The van der Waals surface area contributed by atoms with Crippen LogP contribution >= 0.6 is 0 Å². The minimum Gasteiger partial charge on any atom is -0.343 e. The van der Waals surface area contributed by atoms with Crippen molar-refractivity contribution in [3.05, 3.63) is 0 Å². The third-order valence-electron chi connectivity index (χ3n) is 2.85. The monoisotopic (exact) mass is 204 g/mol. The molecule has 0 aliphatic carbocycles. The van der Waals surface area contributed by atoms with Gasteiger partial charge in [0.15, 0.2) is 0 Å². The van der Waals surface area contributed by atoms with Crippen LogP contribution in [0.1, 0.15) is 52.4 Å². The summed E-state index contributed by atoms with van der Waals surface area (Å²) in [7, 11) is 1.65. The molecule has 0 rings (SSSR count). The summed E-state index contributed by atoms with van der Waals surface area (Å²) in [6, 6.07) is 0. The highest BCUT2D eigenvalue weighted by atomic mass is 16.6. The predicted octanol–water partition coefficient (Wildman–Crippen LogP) is 2.52. The van der Waals surface area contributed by atoms with Crippen LogP contribution in [-0.2, 0) is 0 Å². The van der Waals surface area contributed by atoms with Crippen LogP contribution in [0.2, 0.25) is 0 Å². The van der Waals surface area contributed by atoms with Gasteiger partial charge < -0.3 is 5.11 Å². The maximum absolute atomic E-state index is 9.68. The Morgan fingerprint density at radius 2 is 1.64 bits per heavy atom. The summed E-state index contributed by atoms with van der Waals surface area (Å²) in [5.41, 5.74) is 0. The molecule has 0 aromatic heterocycles. The van der Waals surface area contributed by atoms with Crippen molar-refractivity contribution in [2.45, 2.75) is 58.6 Å². The summed E-state index contributed by atoms with van der Waals surface area (Å²) in [6.45, 7) is 4.62. The lowest BCUT2D eigenvalue weighted by molar-refractivity contribution is -1.12. The molecule has 0 saturated carbocycles. The molecule has 0 aliphatic rings. The van der Waals surface area contributed by atoms with E-state index in [1.165, 1.54) is 19.3 Å². The smallest absolute Gasteiger partial charge is 0.220 e. The van der Waals surface area contributed by atoms with E-state index in [1.54, 1.807) is 7.05 Å². The van der Waals surface area contributed by atoms with Crippen LogP contribution in [-0.4, -0.2) is 34.8 Å². The summed E-state index contributed by atoms with van der Waals surface area (Å²) >= 11 is 0. The average molecular weight is 204 g/mol. The summed E-state index contributed by atoms with van der Waals surface area (Å²) in [5, 5.41) is 19.3. The van der Waals surface area contributed by atoms with Gasteiger partial charge in [0.05, 0.1) is 0 Å². The van der Waals surface area contributed by atoms with Gasteiger partial charge in [-0.15, -0.1) is 0 Å². The van der Waals surface area contributed by atoms with Crippen LogP contribution in [0.4, 0.5) is 0 Å². The molecule has 2 unspecified atom stereocenters. The Morgan fingerprint density at radius 1 is 1.07 bits per heavy atom. The minimum atomic E-state index is -0.623. The Balaban J connectivity index is 3.48. The van der Waals surface area contributed by atoms with Crippen molar-refractivity contribution in [2.75, 3.05) is 13.6 Å². The van der Waals surface area contributed by atoms with Crippen LogP contribution in [0.5, 0.6) is 0 Å². The first-order chi connectivity index (χ1) is 6.54. The zero-order valence-electron chi connectivity index (χ0n) is 9.87. The molecule has 0 heterocycles. The SMILES string of the molecule is CCCCCCCC(O)[N+](C)(O)CC. The number of nitrogens with zero attached hydrogens (tertiary/aromatic N) is 1. The lowest BCUT2D eigenvalue weighted by Crippen LogP contribution is -2.49. The quantitative estimate of drug-likeness (QED) is 0.276. The van der Waals surface area contributed by atoms with E-state index in [9.17, 15) is 10.3 Å². The Bertz CT molecular complexity index is 137. The van der Waals surface area contributed by atoms with Crippen molar-refractivity contribution in [1.82, 2.24) is 0 Å². The van der Waals surface area contributed by atoms with Crippen LogP contribution < -0.4 is 0 Å². The van der Waals surface area contributed by atoms with Gasteiger partial charge in [-0.1, -0.05) is 32.6 Å². The zero-order chi connectivity index (χ0) is 11.0. The number of hydrogen-bond acceptors (Lipinski definition) is 2. The van der Waals surface area contributed by atoms with Gasteiger partial charge in [0.1, 0.15) is 13.6 Å². The number of hydrogen-bond donors (Lipinski definition) is 2. The fraction of sp³-hybridized carbons (Fsp3) is 1.00. The van der Waals surface area contributed by atoms with E-state index in [1.807, 2.05) is 6.92 Å². The van der Waals surface area contributed by atoms with E-state index in [0.717, 1.165) is 12.8 Å². The van der Waals surface area contributed by atoms with E-state index >= 15 is 0 Å². The van der Waals surface area contributed by atoms with Gasteiger partial charge in [0.2, 0.25) is 6.23 Å². The van der Waals surface area contributed by atoms with Crippen molar-refractivity contribution in [3.8, 4) is 0 Å². The molecule has 14 heavy (non-hydrogen) atoms. The van der Waals surface area contributed by atoms with Crippen LogP contribution in [0, 0.1) is 0 Å². The lowest BCUT2D eigenvalue weighted by Gasteiger charge is -2.29. The summed E-state index contributed by atoms with van der Waals surface area (Å²) < 4.78 is -0.270. The fourth-order valence-corrected chi connectivity index (χ4v) is 1.42. The molecule has 2 atom stereocenters. The zero-order valence-corrected chi connectivity index (χ0v) is 9.87. The maximum atomic E-state index is 9.68. The van der Waals surface area contributed by atoms with Gasteiger partial charge in [-0.05, 0) is 13.3 Å². The molecule has 3 heteroatoms. The van der Waals surface area contributed by atoms with E-state index in [-0.39, 0.29) is 4.65 Å². The summed E-state index contributed by atoms with van der Waals surface area (Å²) in [5.74, 6) is 0. The molecule has 0 fully saturated rings. The van der Waals surface area contributed by atoms with E-state index in [2.05, 4.69) is 6.92 Å². The van der Waals surface area contributed by atoms with Crippen molar-refractivity contribution in [2.24, 2.45) is 0 Å². The Labute approximate surface area is 87.9 Å². The molecule has 0 aliphatic heterocycles. The standard InChI is InChI=1S/C11H26NO2/c1-4-6-7-8-9-10-11(13)12(3,14)5-2/h11,13-14H,4-10H2,1-3H3/q+1. The second-order valence-electron chi connectivity index (χ2n) is 4.21. The number of aliphatic hydroxyl groups excluding tert-OH is 1. The molecule has 0 bridgehead atoms. The summed E-state index contributed by atoms with van der Waals surface area (Å²) in [6.07, 6.45) is 6.00. The fourth-order valence-electron chi connectivity index (χ4n) is 1.42. The highest BCUT2D eigenvalue weighted by molar-refractivity contribution is 4.46. The molecule has 0 aromatic carbocycles. The van der Waals surface area contributed by atoms with Crippen LogP contribution in [0.15, 0.2) is 0 Å². The normalized spacial score (nSPS) is 17.8. The number of rotatable bonds is 8. The molecule has 0 aromatic rings. The number of aliphatic hydroxyl groups is 1. The van der Waals surface area contributed by atoms with Gasteiger partial charge in [-0.3, -0.25) is 0 Å². The third-order valence-corrected chi connectivity index (χ3v) is 2.85. The van der Waals surface area contributed by atoms with Gasteiger partial charge in [0.25, 0.3) is 0 Å². The molecule has 0 amide bonds. The molecule has 86 valence electrons. The Morgan fingerprint density at radius 3 is 2.14 bits per heavy atom. The van der Waals surface area contributed by atoms with E-state index in [0.29, 0.717) is 13.0 Å². The maximum Gasteiger partial charge on any atom is 0.220 e. The minimum absolute atomic E-state index is 0.270. The first kappa shape index (κ1) is 13.9. The second-order valence-corrected chi connectivity index (χ2v) is 4.21. The first-order valence-corrected chi connectivity index (χ1v) is 5.80. The highest BCUT2D eigenvalue weighted by Gasteiger charge is 2.26. The highest BCUT2D eigenvalue weighted by Crippen LogP contribution is 2.12. The van der Waals surface area contributed by atoms with Crippen LogP contribution in [0.3, 0.4) is 0 Å². The number of quaternary nitrogens is 1. The molecular weight excluding hydrogens is 178 g/mol. The van der Waals surface area contributed by atoms with Crippen molar-refractivity contribution >= 4 is 0 Å². The molecule has 3 nitrogen and oxygen atoms in total. The summed E-state index contributed by atoms with van der Waals surface area (Å²) in [4.78, 5) is 0. The van der Waals surface area contributed by atoms with E-state index in [4.69, 9.17) is 0 Å². The Hall–Kier alpha value is -0.120. The van der Waals surface area contributed by atoms with Crippen molar-refractivity contribution in [3.63, 3.8) is 0 Å². The molecule has 0 radical (unpaired) electrons. The third kappa shape index (κ3) is 5.58. The molecule has 2 N–H and O–H groups in total. The average Bonchev–Trinajstić information content (AvgIpc) is 2.17. The van der Waals surface area contributed by atoms with Crippen LogP contribution in [0.25, 0.3) is 0 Å². The lowest BCUT2D eigenvalue weighted by atomic mass is 10.1. The number of unbranched alkanes of at least 4 members (excludes halogenated alkanes) is 4. The largest absolute Gasteiger partial charge is 0.343 e. The van der Waals surface area contributed by atoms with E-state index < -0.39 is 6.23 Å². The molecule has 0 spiro atoms. The van der Waals surface area contributed by atoms with Gasteiger partial charge in [-0.2, -0.15) is 4.65 Å². The first-order valence-electron chi connectivity index (χ1n) is 5.80. The molecular formula is C11H26NO2+. The van der Waals surface area contributed by atoms with Crippen molar-refractivity contribution in [1.29, 1.82) is 0 Å². The van der Waals surface area contributed by atoms with Gasteiger partial charge in [-0.25, -0.2) is 5.21 Å². The molecule has 0 saturated heterocycles. The Kier molecular flexibility index (Phi) is 7.15. The van der Waals surface area contributed by atoms with Gasteiger partial charge >= 0.3 is 0 Å².